The first kappa shape index (κ1) is 18.2. The van der Waals surface area contributed by atoms with E-state index in [0.29, 0.717) is 28.6 Å². The number of hydrogen-bond donors (Lipinski definition) is 2. The summed E-state index contributed by atoms with van der Waals surface area (Å²) in [6.07, 6.45) is 1.63. The number of methoxy groups -OCH3 is 1. The second-order valence-electron chi connectivity index (χ2n) is 6.37. The molecule has 7 nitrogen and oxygen atoms in total. The van der Waals surface area contributed by atoms with E-state index in [1.165, 1.54) is 0 Å². The number of aromatic nitrogens is 4. The van der Waals surface area contributed by atoms with E-state index in [1.807, 2.05) is 43.3 Å². The zero-order valence-electron chi connectivity index (χ0n) is 16.0. The number of ether oxygens (including phenoxy) is 1. The highest BCUT2D eigenvalue weighted by Gasteiger charge is 2.12. The van der Waals surface area contributed by atoms with Crippen LogP contribution in [0.3, 0.4) is 0 Å². The molecule has 3 aromatic heterocycles. The van der Waals surface area contributed by atoms with Gasteiger partial charge in [-0.2, -0.15) is 0 Å². The van der Waals surface area contributed by atoms with Gasteiger partial charge in [-0.05, 0) is 37.3 Å². The minimum atomic E-state index is 0.199. The van der Waals surface area contributed by atoms with E-state index in [0.717, 1.165) is 22.0 Å². The molecule has 0 spiro atoms. The minimum Gasteiger partial charge on any atom is -0.481 e. The number of benzene rings is 1. The van der Waals surface area contributed by atoms with E-state index >= 15 is 0 Å². The van der Waals surface area contributed by atoms with Gasteiger partial charge >= 0.3 is 0 Å². The number of pyridine rings is 2. The van der Waals surface area contributed by atoms with Crippen molar-refractivity contribution in [3.63, 3.8) is 0 Å². The maximum atomic E-state index is 5.92. The van der Waals surface area contributed by atoms with Gasteiger partial charge in [0.05, 0.1) is 29.6 Å². The van der Waals surface area contributed by atoms with E-state index in [-0.39, 0.29) is 5.95 Å². The first-order valence-electron chi connectivity index (χ1n) is 8.86. The van der Waals surface area contributed by atoms with E-state index in [9.17, 15) is 0 Å². The third kappa shape index (κ3) is 3.77. The number of nitrogen functional groups attached to an aromatic ring is 2. The second kappa shape index (κ2) is 7.44. The molecule has 1 aromatic carbocycles. The number of fused-ring (bicyclic) bond motifs is 1. The maximum Gasteiger partial charge on any atom is 0.220 e. The van der Waals surface area contributed by atoms with Gasteiger partial charge in [-0.3, -0.25) is 0 Å². The van der Waals surface area contributed by atoms with Gasteiger partial charge in [0.2, 0.25) is 11.8 Å². The zero-order valence-corrected chi connectivity index (χ0v) is 16.0. The lowest BCUT2D eigenvalue weighted by Crippen LogP contribution is -2.03. The summed E-state index contributed by atoms with van der Waals surface area (Å²) < 4.78 is 5.19. The molecule has 0 aliphatic rings. The van der Waals surface area contributed by atoms with Crippen molar-refractivity contribution in [2.45, 2.75) is 6.92 Å². The summed E-state index contributed by atoms with van der Waals surface area (Å²) in [5, 5.41) is 0.958. The minimum absolute atomic E-state index is 0.199. The molecular weight excluding hydrogens is 364 g/mol. The van der Waals surface area contributed by atoms with Crippen molar-refractivity contribution in [2.75, 3.05) is 18.6 Å². The van der Waals surface area contributed by atoms with E-state index in [1.54, 1.807) is 19.4 Å². The third-order valence-electron chi connectivity index (χ3n) is 4.37. The first-order chi connectivity index (χ1) is 14.0. The molecule has 0 atom stereocenters. The van der Waals surface area contributed by atoms with Crippen LogP contribution in [-0.4, -0.2) is 27.0 Å². The molecule has 0 aliphatic heterocycles. The largest absolute Gasteiger partial charge is 0.481 e. The summed E-state index contributed by atoms with van der Waals surface area (Å²) in [5.41, 5.74) is 16.1. The highest BCUT2D eigenvalue weighted by molar-refractivity contribution is 5.85. The van der Waals surface area contributed by atoms with E-state index in [4.69, 9.17) is 16.2 Å². The van der Waals surface area contributed by atoms with Crippen LogP contribution >= 0.6 is 0 Å². The molecular formula is C22H18N6O. The highest BCUT2D eigenvalue weighted by atomic mass is 16.5. The van der Waals surface area contributed by atoms with Gasteiger partial charge in [-0.15, -0.1) is 0 Å². The molecule has 4 aromatic rings. The maximum absolute atomic E-state index is 5.92. The van der Waals surface area contributed by atoms with Gasteiger partial charge in [-0.25, -0.2) is 19.9 Å². The Morgan fingerprint density at radius 2 is 1.79 bits per heavy atom. The third-order valence-corrected chi connectivity index (χ3v) is 4.37. The Bertz CT molecular complexity index is 1270. The number of aryl methyl sites for hydroxylation is 1. The van der Waals surface area contributed by atoms with E-state index < -0.39 is 0 Å². The van der Waals surface area contributed by atoms with Crippen LogP contribution < -0.4 is 16.2 Å². The summed E-state index contributed by atoms with van der Waals surface area (Å²) in [6, 6.07) is 13.2. The summed E-state index contributed by atoms with van der Waals surface area (Å²) in [7, 11) is 1.59. The van der Waals surface area contributed by atoms with Crippen molar-refractivity contribution in [3.05, 3.63) is 65.5 Å². The van der Waals surface area contributed by atoms with Gasteiger partial charge < -0.3 is 16.2 Å². The molecule has 142 valence electrons. The molecule has 0 radical (unpaired) electrons. The number of anilines is 2. The second-order valence-corrected chi connectivity index (χ2v) is 6.37. The van der Waals surface area contributed by atoms with Gasteiger partial charge in [0.25, 0.3) is 0 Å². The lowest BCUT2D eigenvalue weighted by Gasteiger charge is -2.09. The Morgan fingerprint density at radius 3 is 2.55 bits per heavy atom. The lowest BCUT2D eigenvalue weighted by molar-refractivity contribution is 0.399. The lowest BCUT2D eigenvalue weighted by atomic mass is 10.0. The molecule has 0 bridgehead atoms. The Hall–Kier alpha value is -4.18. The number of nitrogens with zero attached hydrogens (tertiary/aromatic N) is 4. The van der Waals surface area contributed by atoms with Crippen LogP contribution in [0.5, 0.6) is 5.88 Å². The van der Waals surface area contributed by atoms with Gasteiger partial charge in [0.15, 0.2) is 0 Å². The van der Waals surface area contributed by atoms with Crippen molar-refractivity contribution < 1.29 is 4.74 Å². The van der Waals surface area contributed by atoms with Gasteiger partial charge in [-0.1, -0.05) is 17.9 Å². The monoisotopic (exact) mass is 382 g/mol. The van der Waals surface area contributed by atoms with Crippen LogP contribution in [0.15, 0.2) is 48.7 Å². The molecule has 3 heterocycles. The molecule has 0 amide bonds. The summed E-state index contributed by atoms with van der Waals surface area (Å²) >= 11 is 0. The fourth-order valence-electron chi connectivity index (χ4n) is 2.93. The Labute approximate surface area is 167 Å². The first-order valence-corrected chi connectivity index (χ1v) is 8.86. The smallest absolute Gasteiger partial charge is 0.220 e. The molecule has 0 fully saturated rings. The van der Waals surface area contributed by atoms with Crippen molar-refractivity contribution >= 4 is 22.7 Å². The molecule has 0 aliphatic carbocycles. The molecule has 4 rings (SSSR count). The molecule has 0 unspecified atom stereocenters. The summed E-state index contributed by atoms with van der Waals surface area (Å²) in [5.74, 6) is 7.47. The average molecular weight is 382 g/mol. The molecule has 7 heteroatoms. The fraction of sp³-hybridized carbons (Fsp3) is 0.0909. The van der Waals surface area contributed by atoms with E-state index in [2.05, 4.69) is 31.8 Å². The van der Waals surface area contributed by atoms with Gasteiger partial charge in [0.1, 0.15) is 5.82 Å². The standard InChI is InChI=1S/C22H18N6O/c1-13-17(7-3-14-4-9-19(23)25-12-14)21(28-22(24)26-13)16-5-8-18-15(11-16)6-10-20(27-18)29-2/h4-6,8-12H,1-2H3,(H2,23,25)(H2,24,26,28). The quantitative estimate of drug-likeness (QED) is 0.512. The number of nitrogens with two attached hydrogens (primary N) is 2. The highest BCUT2D eigenvalue weighted by Crippen LogP contribution is 2.27. The number of hydrogen-bond acceptors (Lipinski definition) is 7. The molecule has 0 saturated carbocycles. The van der Waals surface area contributed by atoms with Crippen molar-refractivity contribution in [3.8, 4) is 29.0 Å². The van der Waals surface area contributed by atoms with Crippen molar-refractivity contribution in [1.29, 1.82) is 0 Å². The molecule has 0 saturated heterocycles. The van der Waals surface area contributed by atoms with Crippen LogP contribution in [-0.2, 0) is 0 Å². The van der Waals surface area contributed by atoms with Crippen LogP contribution in [0.2, 0.25) is 0 Å². The SMILES string of the molecule is COc1ccc2cc(-c3nc(N)nc(C)c3C#Cc3ccc(N)nc3)ccc2n1. The number of rotatable bonds is 2. The summed E-state index contributed by atoms with van der Waals surface area (Å²) in [6.45, 7) is 1.86. The van der Waals surface area contributed by atoms with Gasteiger partial charge in [0, 0.05) is 28.8 Å². The van der Waals surface area contributed by atoms with Crippen LogP contribution in [0.25, 0.3) is 22.2 Å². The normalized spacial score (nSPS) is 10.4. The Balaban J connectivity index is 1.83. The van der Waals surface area contributed by atoms with Crippen LogP contribution in [0, 0.1) is 18.8 Å². The fourth-order valence-corrected chi connectivity index (χ4v) is 2.93. The molecule has 29 heavy (non-hydrogen) atoms. The van der Waals surface area contributed by atoms with Crippen LogP contribution in [0.4, 0.5) is 11.8 Å². The van der Waals surface area contributed by atoms with Crippen molar-refractivity contribution in [1.82, 2.24) is 19.9 Å². The predicted molar refractivity (Wildman–Crippen MR) is 113 cm³/mol. The molecule has 4 N–H and O–H groups in total. The Kier molecular flexibility index (Phi) is 4.67. The average Bonchev–Trinajstić information content (AvgIpc) is 2.73. The zero-order chi connectivity index (χ0) is 20.4. The predicted octanol–water partition coefficient (Wildman–Crippen LogP) is 2.97. The topological polar surface area (TPSA) is 113 Å². The van der Waals surface area contributed by atoms with Crippen molar-refractivity contribution in [2.24, 2.45) is 0 Å². The summed E-state index contributed by atoms with van der Waals surface area (Å²) in [4.78, 5) is 17.2. The Morgan fingerprint density at radius 1 is 0.931 bits per heavy atom. The van der Waals surface area contributed by atoms with Crippen LogP contribution in [0.1, 0.15) is 16.8 Å².